The van der Waals surface area contributed by atoms with Crippen LogP contribution in [0, 0.1) is 0 Å². The number of aliphatic hydroxyl groups is 1. The van der Waals surface area contributed by atoms with Gasteiger partial charge in [-0.3, -0.25) is 0 Å². The molecule has 1 aromatic heterocycles. The molecule has 4 heteroatoms. The van der Waals surface area contributed by atoms with E-state index in [2.05, 4.69) is 17.5 Å². The molecule has 1 unspecified atom stereocenters. The van der Waals surface area contributed by atoms with Gasteiger partial charge in [0.15, 0.2) is 0 Å². The molecule has 15 heavy (non-hydrogen) atoms. The van der Waals surface area contributed by atoms with Crippen molar-refractivity contribution in [2.75, 3.05) is 6.61 Å². The van der Waals surface area contributed by atoms with Crippen LogP contribution in [0.25, 0.3) is 10.1 Å². The molecule has 1 atom stereocenters. The molecule has 1 aromatic carbocycles. The molecule has 0 aliphatic carbocycles. The smallest absolute Gasteiger partial charge is 0.0585 e. The summed E-state index contributed by atoms with van der Waals surface area (Å²) in [5.41, 5.74) is 6.95. The number of hydrogen-bond donors (Lipinski definition) is 2. The van der Waals surface area contributed by atoms with Gasteiger partial charge < -0.3 is 10.8 Å². The van der Waals surface area contributed by atoms with Gasteiger partial charge in [0.25, 0.3) is 0 Å². The van der Waals surface area contributed by atoms with E-state index in [0.717, 1.165) is 6.42 Å². The molecular formula is C11H14ClNOS. The van der Waals surface area contributed by atoms with Crippen molar-refractivity contribution >= 4 is 33.8 Å². The summed E-state index contributed by atoms with van der Waals surface area (Å²) in [7, 11) is 0. The lowest BCUT2D eigenvalue weighted by atomic mass is 10.1. The lowest BCUT2D eigenvalue weighted by molar-refractivity contribution is 0.265. The lowest BCUT2D eigenvalue weighted by Gasteiger charge is -2.06. The summed E-state index contributed by atoms with van der Waals surface area (Å²) < 4.78 is 1.28. The molecule has 0 aliphatic rings. The number of rotatable bonds is 3. The fourth-order valence-electron chi connectivity index (χ4n) is 1.54. The Bertz CT molecular complexity index is 429. The Morgan fingerprint density at radius 1 is 1.33 bits per heavy atom. The number of fused-ring (bicyclic) bond motifs is 1. The molecule has 0 radical (unpaired) electrons. The van der Waals surface area contributed by atoms with E-state index in [4.69, 9.17) is 10.8 Å². The number of benzene rings is 1. The summed E-state index contributed by atoms with van der Waals surface area (Å²) in [5, 5.41) is 12.3. The van der Waals surface area contributed by atoms with E-state index >= 15 is 0 Å². The first kappa shape index (κ1) is 12.5. The average Bonchev–Trinajstić information content (AvgIpc) is 2.62. The summed E-state index contributed by atoms with van der Waals surface area (Å²) in [6, 6.07) is 8.13. The molecule has 82 valence electrons. The second-order valence-corrected chi connectivity index (χ2v) is 4.32. The molecule has 3 N–H and O–H groups in total. The van der Waals surface area contributed by atoms with Crippen molar-refractivity contribution in [1.29, 1.82) is 0 Å². The van der Waals surface area contributed by atoms with Crippen LogP contribution in [-0.2, 0) is 6.42 Å². The van der Waals surface area contributed by atoms with Gasteiger partial charge >= 0.3 is 0 Å². The van der Waals surface area contributed by atoms with Crippen LogP contribution in [0.3, 0.4) is 0 Å². The van der Waals surface area contributed by atoms with E-state index in [1.54, 1.807) is 11.3 Å². The maximum atomic E-state index is 8.88. The Morgan fingerprint density at radius 3 is 2.80 bits per heavy atom. The van der Waals surface area contributed by atoms with Crippen molar-refractivity contribution < 1.29 is 5.11 Å². The summed E-state index contributed by atoms with van der Waals surface area (Å²) in [6.07, 6.45) is 0.751. The monoisotopic (exact) mass is 243 g/mol. The van der Waals surface area contributed by atoms with Gasteiger partial charge in [-0.15, -0.1) is 23.7 Å². The van der Waals surface area contributed by atoms with Gasteiger partial charge in [-0.25, -0.2) is 0 Å². The van der Waals surface area contributed by atoms with E-state index in [-0.39, 0.29) is 25.1 Å². The number of halogens is 1. The molecular weight excluding hydrogens is 230 g/mol. The fraction of sp³-hybridized carbons (Fsp3) is 0.273. The van der Waals surface area contributed by atoms with E-state index in [1.165, 1.54) is 15.6 Å². The van der Waals surface area contributed by atoms with Gasteiger partial charge in [0, 0.05) is 10.7 Å². The Morgan fingerprint density at radius 2 is 2.07 bits per heavy atom. The Labute approximate surface area is 99.1 Å². The minimum absolute atomic E-state index is 0. The van der Waals surface area contributed by atoms with Crippen LogP contribution in [-0.4, -0.2) is 17.8 Å². The summed E-state index contributed by atoms with van der Waals surface area (Å²) in [4.78, 5) is 0. The van der Waals surface area contributed by atoms with Gasteiger partial charge in [0.05, 0.1) is 6.61 Å². The van der Waals surface area contributed by atoms with Gasteiger partial charge in [0.2, 0.25) is 0 Å². The van der Waals surface area contributed by atoms with Crippen molar-refractivity contribution in [2.45, 2.75) is 12.5 Å². The number of thiophene rings is 1. The Balaban J connectivity index is 0.00000112. The highest BCUT2D eigenvalue weighted by atomic mass is 35.5. The second-order valence-electron chi connectivity index (χ2n) is 3.40. The van der Waals surface area contributed by atoms with Crippen LogP contribution < -0.4 is 5.73 Å². The summed E-state index contributed by atoms with van der Waals surface area (Å²) >= 11 is 1.73. The molecule has 0 bridgehead atoms. The molecule has 0 saturated heterocycles. The predicted octanol–water partition coefficient (Wildman–Crippen LogP) is 2.19. The molecule has 0 aliphatic heterocycles. The third kappa shape index (κ3) is 2.69. The van der Waals surface area contributed by atoms with Crippen molar-refractivity contribution in [3.05, 3.63) is 35.2 Å². The molecule has 0 saturated carbocycles. The minimum atomic E-state index is -0.145. The van der Waals surface area contributed by atoms with Crippen molar-refractivity contribution in [3.63, 3.8) is 0 Å². The van der Waals surface area contributed by atoms with E-state index in [1.807, 2.05) is 12.1 Å². The quantitative estimate of drug-likeness (QED) is 0.868. The minimum Gasteiger partial charge on any atom is -0.395 e. The Kier molecular flexibility index (Phi) is 4.54. The number of aliphatic hydroxyl groups excluding tert-OH is 1. The van der Waals surface area contributed by atoms with Crippen LogP contribution in [0.5, 0.6) is 0 Å². The van der Waals surface area contributed by atoms with Crippen LogP contribution in [0.4, 0.5) is 0 Å². The largest absolute Gasteiger partial charge is 0.395 e. The SMILES string of the molecule is Cl.NC(CO)Cc1csc2ccccc12. The van der Waals surface area contributed by atoms with E-state index in [0.29, 0.717) is 0 Å². The topological polar surface area (TPSA) is 46.2 Å². The maximum absolute atomic E-state index is 8.88. The molecule has 0 amide bonds. The zero-order valence-corrected chi connectivity index (χ0v) is 9.85. The number of hydrogen-bond acceptors (Lipinski definition) is 3. The number of nitrogens with two attached hydrogens (primary N) is 1. The van der Waals surface area contributed by atoms with Gasteiger partial charge in [-0.2, -0.15) is 0 Å². The molecule has 2 aromatic rings. The first-order valence-corrected chi connectivity index (χ1v) is 5.51. The van der Waals surface area contributed by atoms with Crippen molar-refractivity contribution in [1.82, 2.24) is 0 Å². The Hall–Kier alpha value is -0.610. The molecule has 1 heterocycles. The van der Waals surface area contributed by atoms with Gasteiger partial charge in [-0.1, -0.05) is 18.2 Å². The summed E-state index contributed by atoms with van der Waals surface area (Å²) in [6.45, 7) is 0.0458. The van der Waals surface area contributed by atoms with E-state index < -0.39 is 0 Å². The van der Waals surface area contributed by atoms with Gasteiger partial charge in [-0.05, 0) is 28.8 Å². The molecule has 2 nitrogen and oxygen atoms in total. The van der Waals surface area contributed by atoms with E-state index in [9.17, 15) is 0 Å². The third-order valence-electron chi connectivity index (χ3n) is 2.28. The predicted molar refractivity (Wildman–Crippen MR) is 67.8 cm³/mol. The highest BCUT2D eigenvalue weighted by molar-refractivity contribution is 7.17. The lowest BCUT2D eigenvalue weighted by Crippen LogP contribution is -2.26. The fourth-order valence-corrected chi connectivity index (χ4v) is 2.51. The molecule has 0 fully saturated rings. The molecule has 2 rings (SSSR count). The first-order valence-electron chi connectivity index (χ1n) is 4.63. The van der Waals surface area contributed by atoms with Crippen molar-refractivity contribution in [2.24, 2.45) is 5.73 Å². The van der Waals surface area contributed by atoms with Gasteiger partial charge in [0.1, 0.15) is 0 Å². The highest BCUT2D eigenvalue weighted by Crippen LogP contribution is 2.26. The highest BCUT2D eigenvalue weighted by Gasteiger charge is 2.07. The van der Waals surface area contributed by atoms with Crippen LogP contribution in [0.15, 0.2) is 29.6 Å². The van der Waals surface area contributed by atoms with Crippen molar-refractivity contribution in [3.8, 4) is 0 Å². The normalized spacial score (nSPS) is 12.4. The second kappa shape index (κ2) is 5.47. The zero-order chi connectivity index (χ0) is 9.97. The third-order valence-corrected chi connectivity index (χ3v) is 3.29. The van der Waals surface area contributed by atoms with Crippen LogP contribution in [0.2, 0.25) is 0 Å². The average molecular weight is 244 g/mol. The van der Waals surface area contributed by atoms with Crippen LogP contribution in [0.1, 0.15) is 5.56 Å². The standard InChI is InChI=1S/C11H13NOS.ClH/c12-9(6-13)5-8-7-14-11-4-2-1-3-10(8)11;/h1-4,7,9,13H,5-6,12H2;1H. The molecule has 0 spiro atoms. The zero-order valence-electron chi connectivity index (χ0n) is 8.22. The summed E-state index contributed by atoms with van der Waals surface area (Å²) in [5.74, 6) is 0. The van der Waals surface area contributed by atoms with Crippen LogP contribution >= 0.6 is 23.7 Å². The maximum Gasteiger partial charge on any atom is 0.0585 e. The first-order chi connectivity index (χ1) is 6.81.